The molecule has 3 rings (SSSR count). The molecule has 1 N–H and O–H groups in total. The van der Waals surface area contributed by atoms with Gasteiger partial charge in [0, 0.05) is 24.2 Å². The molecule has 0 unspecified atom stereocenters. The van der Waals surface area contributed by atoms with Crippen LogP contribution in [0.5, 0.6) is 0 Å². The summed E-state index contributed by atoms with van der Waals surface area (Å²) in [4.78, 5) is 19.5. The Bertz CT molecular complexity index is 834. The lowest BCUT2D eigenvalue weighted by Crippen LogP contribution is -2.16. The molecule has 0 spiro atoms. The minimum Gasteiger partial charge on any atom is -0.348 e. The first-order chi connectivity index (χ1) is 12.7. The van der Waals surface area contributed by atoms with Gasteiger partial charge < -0.3 is 4.98 Å². The van der Waals surface area contributed by atoms with Crippen LogP contribution in [-0.2, 0) is 24.1 Å². The van der Waals surface area contributed by atoms with Crippen LogP contribution < -0.4 is 0 Å². The largest absolute Gasteiger partial charge is 0.348 e. The highest BCUT2D eigenvalue weighted by molar-refractivity contribution is 5.83. The number of nitrogens with one attached hydrogen (secondary N) is 1. The Morgan fingerprint density at radius 2 is 1.85 bits per heavy atom. The Labute approximate surface area is 154 Å². The summed E-state index contributed by atoms with van der Waals surface area (Å²) in [6, 6.07) is 18.6. The molecule has 3 aromatic rings. The molecular weight excluding hydrogens is 320 g/mol. The number of ketones is 1. The number of allylic oxidation sites excluding steroid dienone is 1. The number of Topliss-reactive ketones (excluding diaryl/α,β-unsaturated/α-hetero) is 1. The van der Waals surface area contributed by atoms with Crippen LogP contribution in [-0.4, -0.2) is 15.8 Å². The maximum Gasteiger partial charge on any atom is 0.140 e. The molecule has 0 amide bonds. The van der Waals surface area contributed by atoms with Crippen molar-refractivity contribution in [1.29, 1.82) is 0 Å². The number of aromatic amines is 1. The van der Waals surface area contributed by atoms with Gasteiger partial charge >= 0.3 is 0 Å². The van der Waals surface area contributed by atoms with Gasteiger partial charge in [-0.05, 0) is 29.5 Å². The van der Waals surface area contributed by atoms with E-state index in [1.54, 1.807) is 12.5 Å². The van der Waals surface area contributed by atoms with Gasteiger partial charge in [-0.2, -0.15) is 0 Å². The molecule has 1 atom stereocenters. The number of imidazole rings is 1. The highest BCUT2D eigenvalue weighted by Gasteiger charge is 2.14. The van der Waals surface area contributed by atoms with Gasteiger partial charge in [0.05, 0.1) is 6.33 Å². The van der Waals surface area contributed by atoms with Crippen LogP contribution in [0, 0.1) is 5.92 Å². The van der Waals surface area contributed by atoms with Gasteiger partial charge in [0.1, 0.15) is 5.78 Å². The van der Waals surface area contributed by atoms with E-state index in [-0.39, 0.29) is 11.7 Å². The smallest absolute Gasteiger partial charge is 0.140 e. The number of H-pyrrole nitrogens is 1. The normalized spacial score (nSPS) is 12.3. The van der Waals surface area contributed by atoms with Crippen LogP contribution in [0.15, 0.2) is 73.2 Å². The van der Waals surface area contributed by atoms with E-state index in [2.05, 4.69) is 58.5 Å². The number of benzene rings is 2. The van der Waals surface area contributed by atoms with Gasteiger partial charge in [-0.15, -0.1) is 0 Å². The number of nitrogens with zero attached hydrogens (tertiary/aromatic N) is 1. The molecule has 3 heteroatoms. The number of rotatable bonds is 8. The summed E-state index contributed by atoms with van der Waals surface area (Å²) in [7, 11) is 0. The predicted molar refractivity (Wildman–Crippen MR) is 106 cm³/mol. The number of aromatic nitrogens is 2. The molecular formula is C23H24N2O. The molecule has 0 aliphatic rings. The van der Waals surface area contributed by atoms with Crippen molar-refractivity contribution >= 4 is 11.9 Å². The van der Waals surface area contributed by atoms with Gasteiger partial charge in [0.15, 0.2) is 0 Å². The monoisotopic (exact) mass is 344 g/mol. The fourth-order valence-electron chi connectivity index (χ4n) is 2.91. The topological polar surface area (TPSA) is 45.8 Å². The van der Waals surface area contributed by atoms with Gasteiger partial charge in [-0.3, -0.25) is 4.79 Å². The van der Waals surface area contributed by atoms with Crippen molar-refractivity contribution in [1.82, 2.24) is 9.97 Å². The van der Waals surface area contributed by atoms with Crippen LogP contribution in [0.2, 0.25) is 0 Å². The lowest BCUT2D eigenvalue weighted by atomic mass is 9.95. The highest BCUT2D eigenvalue weighted by atomic mass is 16.1. The third-order valence-corrected chi connectivity index (χ3v) is 4.50. The molecule has 0 bridgehead atoms. The third-order valence-electron chi connectivity index (χ3n) is 4.50. The van der Waals surface area contributed by atoms with E-state index in [0.717, 1.165) is 23.2 Å². The van der Waals surface area contributed by atoms with E-state index in [9.17, 15) is 4.79 Å². The molecule has 0 aliphatic carbocycles. The van der Waals surface area contributed by atoms with E-state index in [4.69, 9.17) is 0 Å². The molecule has 0 saturated heterocycles. The average Bonchev–Trinajstić information content (AvgIpc) is 3.17. The van der Waals surface area contributed by atoms with Crippen LogP contribution in [0.4, 0.5) is 0 Å². The quantitative estimate of drug-likeness (QED) is 0.646. The Balaban J connectivity index is 1.51. The van der Waals surface area contributed by atoms with Crippen molar-refractivity contribution in [2.75, 3.05) is 0 Å². The summed E-state index contributed by atoms with van der Waals surface area (Å²) in [6.45, 7) is 1.98. The molecule has 26 heavy (non-hydrogen) atoms. The van der Waals surface area contributed by atoms with Crippen LogP contribution >= 0.6 is 0 Å². The fourth-order valence-corrected chi connectivity index (χ4v) is 2.91. The van der Waals surface area contributed by atoms with E-state index in [1.165, 1.54) is 5.56 Å². The second-order valence-electron chi connectivity index (χ2n) is 6.66. The van der Waals surface area contributed by atoms with Gasteiger partial charge in [0.25, 0.3) is 0 Å². The third kappa shape index (κ3) is 5.28. The zero-order chi connectivity index (χ0) is 18.2. The first-order valence-corrected chi connectivity index (χ1v) is 9.00. The maximum absolute atomic E-state index is 12.4. The molecule has 3 nitrogen and oxygen atoms in total. The maximum atomic E-state index is 12.4. The van der Waals surface area contributed by atoms with Crippen molar-refractivity contribution in [3.63, 3.8) is 0 Å². The minimum atomic E-state index is -0.0131. The first-order valence-electron chi connectivity index (χ1n) is 9.00. The molecule has 132 valence electrons. The lowest BCUT2D eigenvalue weighted by Gasteiger charge is -2.09. The molecule has 1 heterocycles. The van der Waals surface area contributed by atoms with E-state index < -0.39 is 0 Å². The minimum absolute atomic E-state index is 0.0131. The molecule has 1 aromatic heterocycles. The summed E-state index contributed by atoms with van der Waals surface area (Å²) in [5.41, 5.74) is 4.52. The van der Waals surface area contributed by atoms with Crippen molar-refractivity contribution in [2.24, 2.45) is 5.92 Å². The second-order valence-corrected chi connectivity index (χ2v) is 6.66. The average molecular weight is 344 g/mol. The van der Waals surface area contributed by atoms with Crippen molar-refractivity contribution in [2.45, 2.75) is 26.2 Å². The predicted octanol–water partition coefficient (Wildman–Crippen LogP) is 4.66. The molecule has 0 saturated carbocycles. The Kier molecular flexibility index (Phi) is 6.15. The lowest BCUT2D eigenvalue weighted by molar-refractivity contribution is -0.121. The fraction of sp³-hybridized carbons (Fsp3) is 0.217. The van der Waals surface area contributed by atoms with Crippen molar-refractivity contribution in [3.8, 4) is 0 Å². The highest BCUT2D eigenvalue weighted by Crippen LogP contribution is 2.13. The van der Waals surface area contributed by atoms with Crippen molar-refractivity contribution in [3.05, 3.63) is 95.6 Å². The Morgan fingerprint density at radius 1 is 1.08 bits per heavy atom. The summed E-state index contributed by atoms with van der Waals surface area (Å²) in [5.74, 6) is 0.243. The summed E-state index contributed by atoms with van der Waals surface area (Å²) in [6.07, 6.45) is 9.83. The first kappa shape index (κ1) is 17.9. The SMILES string of the molecule is C[C@@H](Cc1cnc[nH]1)C(=O)Cc1ccc(/C=C/Cc2ccccc2)cc1. The summed E-state index contributed by atoms with van der Waals surface area (Å²) < 4.78 is 0. The van der Waals surface area contributed by atoms with Crippen molar-refractivity contribution < 1.29 is 4.79 Å². The van der Waals surface area contributed by atoms with Gasteiger partial charge in [-0.1, -0.05) is 73.7 Å². The summed E-state index contributed by atoms with van der Waals surface area (Å²) >= 11 is 0. The van der Waals surface area contributed by atoms with Gasteiger partial charge in [-0.25, -0.2) is 4.98 Å². The van der Waals surface area contributed by atoms with E-state index in [0.29, 0.717) is 12.8 Å². The Morgan fingerprint density at radius 3 is 2.54 bits per heavy atom. The zero-order valence-corrected chi connectivity index (χ0v) is 15.1. The molecule has 0 radical (unpaired) electrons. The van der Waals surface area contributed by atoms with Gasteiger partial charge in [0.2, 0.25) is 0 Å². The molecule has 0 aliphatic heterocycles. The number of carbonyl (C=O) groups is 1. The zero-order valence-electron chi connectivity index (χ0n) is 15.1. The van der Waals surface area contributed by atoms with Crippen LogP contribution in [0.3, 0.4) is 0 Å². The molecule has 2 aromatic carbocycles. The van der Waals surface area contributed by atoms with Crippen LogP contribution in [0.25, 0.3) is 6.08 Å². The second kappa shape index (κ2) is 8.95. The number of hydrogen-bond acceptors (Lipinski definition) is 2. The van der Waals surface area contributed by atoms with E-state index in [1.807, 2.05) is 25.1 Å². The standard InChI is InChI=1S/C23H24N2O/c1-18(14-22-16-24-17-25-22)23(26)15-21-12-10-20(11-13-21)9-5-8-19-6-3-2-4-7-19/h2-7,9-13,16-18H,8,14-15H2,1H3,(H,24,25)/b9-5+/t18-/m0/s1. The summed E-state index contributed by atoms with van der Waals surface area (Å²) in [5, 5.41) is 0. The number of hydrogen-bond donors (Lipinski definition) is 1. The Hall–Kier alpha value is -2.94. The number of carbonyl (C=O) groups excluding carboxylic acids is 1. The van der Waals surface area contributed by atoms with Crippen LogP contribution in [0.1, 0.15) is 29.3 Å². The molecule has 0 fully saturated rings. The van der Waals surface area contributed by atoms with E-state index >= 15 is 0 Å².